The molecule has 1 aromatic rings. The lowest BCUT2D eigenvalue weighted by molar-refractivity contribution is 0.146. The van der Waals surface area contributed by atoms with Crippen LogP contribution in [0, 0.1) is 11.8 Å². The lowest BCUT2D eigenvalue weighted by atomic mass is 9.95. The van der Waals surface area contributed by atoms with E-state index in [-0.39, 0.29) is 6.10 Å². The second kappa shape index (κ2) is 5.41. The molecule has 0 radical (unpaired) electrons. The summed E-state index contributed by atoms with van der Waals surface area (Å²) in [4.78, 5) is 2.56. The van der Waals surface area contributed by atoms with Crippen molar-refractivity contribution in [1.29, 1.82) is 0 Å². The zero-order chi connectivity index (χ0) is 13.2. The summed E-state index contributed by atoms with van der Waals surface area (Å²) in [7, 11) is 0. The molecule has 2 unspecified atom stereocenters. The second-order valence-electron chi connectivity index (χ2n) is 6.17. The monoisotopic (exact) mass is 260 g/mol. The SMILES string of the molecule is CC(C)C1CCN(CC2CNc3ccccc3O2)C1. The molecule has 1 fully saturated rings. The average molecular weight is 260 g/mol. The Morgan fingerprint density at radius 2 is 2.21 bits per heavy atom. The van der Waals surface area contributed by atoms with E-state index < -0.39 is 0 Å². The molecule has 1 N–H and O–H groups in total. The van der Waals surface area contributed by atoms with E-state index in [0.717, 1.165) is 36.4 Å². The van der Waals surface area contributed by atoms with Crippen LogP contribution in [0.25, 0.3) is 0 Å². The zero-order valence-corrected chi connectivity index (χ0v) is 11.9. The first-order chi connectivity index (χ1) is 9.22. The zero-order valence-electron chi connectivity index (χ0n) is 11.9. The lowest BCUT2D eigenvalue weighted by Crippen LogP contribution is -2.41. The van der Waals surface area contributed by atoms with Gasteiger partial charge in [0.2, 0.25) is 0 Å². The van der Waals surface area contributed by atoms with Crippen LogP contribution in [0.15, 0.2) is 24.3 Å². The highest BCUT2D eigenvalue weighted by molar-refractivity contribution is 5.57. The first kappa shape index (κ1) is 12.8. The van der Waals surface area contributed by atoms with E-state index in [0.29, 0.717) is 0 Å². The Morgan fingerprint density at radius 3 is 3.00 bits per heavy atom. The van der Waals surface area contributed by atoms with E-state index in [1.165, 1.54) is 19.5 Å². The van der Waals surface area contributed by atoms with Gasteiger partial charge in [0.05, 0.1) is 12.2 Å². The summed E-state index contributed by atoms with van der Waals surface area (Å²) in [6.07, 6.45) is 1.62. The van der Waals surface area contributed by atoms with Crippen molar-refractivity contribution < 1.29 is 4.74 Å². The molecule has 3 nitrogen and oxygen atoms in total. The molecule has 3 heteroatoms. The van der Waals surface area contributed by atoms with Gasteiger partial charge in [-0.15, -0.1) is 0 Å². The van der Waals surface area contributed by atoms with Crippen LogP contribution in [0.5, 0.6) is 5.75 Å². The topological polar surface area (TPSA) is 24.5 Å². The van der Waals surface area contributed by atoms with E-state index in [1.54, 1.807) is 0 Å². The summed E-state index contributed by atoms with van der Waals surface area (Å²) in [6, 6.07) is 8.21. The number of benzene rings is 1. The third-order valence-corrected chi connectivity index (χ3v) is 4.41. The van der Waals surface area contributed by atoms with Gasteiger partial charge >= 0.3 is 0 Å². The van der Waals surface area contributed by atoms with E-state index in [4.69, 9.17) is 4.74 Å². The van der Waals surface area contributed by atoms with Crippen LogP contribution < -0.4 is 10.1 Å². The number of rotatable bonds is 3. The van der Waals surface area contributed by atoms with Crippen molar-refractivity contribution in [2.75, 3.05) is 31.5 Å². The van der Waals surface area contributed by atoms with Crippen LogP contribution in [-0.4, -0.2) is 37.2 Å². The van der Waals surface area contributed by atoms with Crippen LogP contribution in [-0.2, 0) is 0 Å². The molecule has 0 aromatic heterocycles. The van der Waals surface area contributed by atoms with Gasteiger partial charge in [-0.1, -0.05) is 26.0 Å². The largest absolute Gasteiger partial charge is 0.485 e. The minimum absolute atomic E-state index is 0.279. The molecule has 2 atom stereocenters. The highest BCUT2D eigenvalue weighted by atomic mass is 16.5. The Balaban J connectivity index is 1.55. The van der Waals surface area contributed by atoms with Gasteiger partial charge in [-0.2, -0.15) is 0 Å². The van der Waals surface area contributed by atoms with Gasteiger partial charge in [0.25, 0.3) is 0 Å². The highest BCUT2D eigenvalue weighted by Crippen LogP contribution is 2.29. The molecule has 0 aliphatic carbocycles. The Kier molecular flexibility index (Phi) is 3.65. The summed E-state index contributed by atoms with van der Waals surface area (Å²) >= 11 is 0. The summed E-state index contributed by atoms with van der Waals surface area (Å²) in [5.41, 5.74) is 1.13. The van der Waals surface area contributed by atoms with Gasteiger partial charge in [0, 0.05) is 13.1 Å². The summed E-state index contributed by atoms with van der Waals surface area (Å²) in [6.45, 7) is 9.10. The fourth-order valence-electron chi connectivity index (χ4n) is 3.12. The van der Waals surface area contributed by atoms with Crippen LogP contribution in [0.2, 0.25) is 0 Å². The minimum Gasteiger partial charge on any atom is -0.485 e. The standard InChI is InChI=1S/C16H24N2O/c1-12(2)13-7-8-18(10-13)11-14-9-17-15-5-3-4-6-16(15)19-14/h3-6,12-14,17H,7-11H2,1-2H3. The molecule has 104 valence electrons. The number of para-hydroxylation sites is 2. The van der Waals surface area contributed by atoms with Crippen molar-refractivity contribution in [2.24, 2.45) is 11.8 Å². The van der Waals surface area contributed by atoms with Crippen LogP contribution in [0.1, 0.15) is 20.3 Å². The number of anilines is 1. The fourth-order valence-corrected chi connectivity index (χ4v) is 3.12. The van der Waals surface area contributed by atoms with Crippen molar-refractivity contribution in [1.82, 2.24) is 4.90 Å². The fraction of sp³-hybridized carbons (Fsp3) is 0.625. The van der Waals surface area contributed by atoms with Gasteiger partial charge < -0.3 is 10.1 Å². The summed E-state index contributed by atoms with van der Waals surface area (Å²) in [5, 5.41) is 3.47. The first-order valence-corrected chi connectivity index (χ1v) is 7.44. The molecule has 2 aliphatic heterocycles. The number of likely N-dealkylation sites (tertiary alicyclic amines) is 1. The molecular formula is C16H24N2O. The van der Waals surface area contributed by atoms with Crippen LogP contribution in [0.4, 0.5) is 5.69 Å². The van der Waals surface area contributed by atoms with Crippen LogP contribution >= 0.6 is 0 Å². The van der Waals surface area contributed by atoms with E-state index >= 15 is 0 Å². The molecule has 1 saturated heterocycles. The molecule has 2 aliphatic rings. The maximum Gasteiger partial charge on any atom is 0.142 e. The van der Waals surface area contributed by atoms with Crippen molar-refractivity contribution >= 4 is 5.69 Å². The molecule has 1 aromatic carbocycles. The maximum atomic E-state index is 6.09. The Morgan fingerprint density at radius 1 is 1.37 bits per heavy atom. The molecule has 0 bridgehead atoms. The van der Waals surface area contributed by atoms with Crippen molar-refractivity contribution in [3.63, 3.8) is 0 Å². The minimum atomic E-state index is 0.279. The number of hydrogen-bond acceptors (Lipinski definition) is 3. The van der Waals surface area contributed by atoms with Gasteiger partial charge in [-0.25, -0.2) is 0 Å². The molecular weight excluding hydrogens is 236 g/mol. The highest BCUT2D eigenvalue weighted by Gasteiger charge is 2.28. The van der Waals surface area contributed by atoms with E-state index in [9.17, 15) is 0 Å². The number of nitrogens with one attached hydrogen (secondary N) is 1. The first-order valence-electron chi connectivity index (χ1n) is 7.44. The molecule has 3 rings (SSSR count). The second-order valence-corrected chi connectivity index (χ2v) is 6.17. The van der Waals surface area contributed by atoms with Gasteiger partial charge in [-0.3, -0.25) is 4.90 Å². The normalized spacial score (nSPS) is 26.9. The smallest absolute Gasteiger partial charge is 0.142 e. The van der Waals surface area contributed by atoms with Crippen molar-refractivity contribution in [3.05, 3.63) is 24.3 Å². The third-order valence-electron chi connectivity index (χ3n) is 4.41. The predicted octanol–water partition coefficient (Wildman–Crippen LogP) is 2.84. The molecule has 0 spiro atoms. The molecule has 0 amide bonds. The maximum absolute atomic E-state index is 6.09. The summed E-state index contributed by atoms with van der Waals surface area (Å²) in [5.74, 6) is 2.67. The third kappa shape index (κ3) is 2.86. The van der Waals surface area contributed by atoms with Crippen molar-refractivity contribution in [3.8, 4) is 5.75 Å². The van der Waals surface area contributed by atoms with Gasteiger partial charge in [-0.05, 0) is 36.9 Å². The lowest BCUT2D eigenvalue weighted by Gasteiger charge is -2.30. The molecule has 19 heavy (non-hydrogen) atoms. The summed E-state index contributed by atoms with van der Waals surface area (Å²) < 4.78 is 6.09. The Bertz CT molecular complexity index is 433. The number of fused-ring (bicyclic) bond motifs is 1. The Hall–Kier alpha value is -1.22. The van der Waals surface area contributed by atoms with E-state index in [2.05, 4.69) is 36.2 Å². The number of nitrogens with zero attached hydrogens (tertiary/aromatic N) is 1. The quantitative estimate of drug-likeness (QED) is 0.904. The Labute approximate surface area is 115 Å². The average Bonchev–Trinajstić information content (AvgIpc) is 2.87. The van der Waals surface area contributed by atoms with E-state index in [1.807, 2.05) is 12.1 Å². The van der Waals surface area contributed by atoms with Gasteiger partial charge in [0.1, 0.15) is 11.9 Å². The van der Waals surface area contributed by atoms with Gasteiger partial charge in [0.15, 0.2) is 0 Å². The predicted molar refractivity (Wildman–Crippen MR) is 78.7 cm³/mol. The molecule has 2 heterocycles. The van der Waals surface area contributed by atoms with Crippen LogP contribution in [0.3, 0.4) is 0 Å². The van der Waals surface area contributed by atoms with Crippen molar-refractivity contribution in [2.45, 2.75) is 26.4 Å². The number of hydrogen-bond donors (Lipinski definition) is 1. The number of ether oxygens (including phenoxy) is 1. The molecule has 0 saturated carbocycles.